The number of nitrogens with two attached hydrogens (primary N) is 1. The second-order valence-corrected chi connectivity index (χ2v) is 6.18. The number of hydrogen-bond donors (Lipinski definition) is 1. The molecule has 2 N–H and O–H groups in total. The van der Waals surface area contributed by atoms with Gasteiger partial charge in [0.2, 0.25) is 0 Å². The van der Waals surface area contributed by atoms with E-state index in [2.05, 4.69) is 6.92 Å². The second kappa shape index (κ2) is 5.17. The lowest BCUT2D eigenvalue weighted by atomic mass is 9.69. The van der Waals surface area contributed by atoms with Crippen molar-refractivity contribution < 1.29 is 0 Å². The van der Waals surface area contributed by atoms with Gasteiger partial charge in [0.05, 0.1) is 10.0 Å². The van der Waals surface area contributed by atoms with Gasteiger partial charge in [0, 0.05) is 6.04 Å². The van der Waals surface area contributed by atoms with Gasteiger partial charge >= 0.3 is 0 Å². The summed E-state index contributed by atoms with van der Waals surface area (Å²) in [7, 11) is 0. The van der Waals surface area contributed by atoms with E-state index in [1.54, 1.807) is 0 Å². The third-order valence-electron chi connectivity index (χ3n) is 4.05. The molecule has 1 aliphatic rings. The number of hydrogen-bond acceptors (Lipinski definition) is 1. The molecule has 1 saturated carbocycles. The summed E-state index contributed by atoms with van der Waals surface area (Å²) in [6.45, 7) is 2.29. The first-order chi connectivity index (χ1) is 8.03. The standard InChI is InChI=1S/C14H19Cl2N/c1-14(7-3-2-4-8-14)13(17)10-5-6-11(15)12(16)9-10/h5-6,9,13H,2-4,7-8,17H2,1H3. The van der Waals surface area contributed by atoms with E-state index in [0.29, 0.717) is 10.0 Å². The molecule has 17 heavy (non-hydrogen) atoms. The van der Waals surface area contributed by atoms with Crippen molar-refractivity contribution in [2.45, 2.75) is 45.1 Å². The smallest absolute Gasteiger partial charge is 0.0595 e. The van der Waals surface area contributed by atoms with Gasteiger partial charge in [0.1, 0.15) is 0 Å². The summed E-state index contributed by atoms with van der Waals surface area (Å²) < 4.78 is 0. The van der Waals surface area contributed by atoms with E-state index in [9.17, 15) is 0 Å². The van der Waals surface area contributed by atoms with E-state index in [-0.39, 0.29) is 11.5 Å². The second-order valence-electron chi connectivity index (χ2n) is 5.37. The molecule has 0 aliphatic heterocycles. The Balaban J connectivity index is 2.23. The Kier molecular flexibility index (Phi) is 4.02. The van der Waals surface area contributed by atoms with Crippen LogP contribution in [0, 0.1) is 5.41 Å². The molecule has 1 fully saturated rings. The van der Waals surface area contributed by atoms with Crippen LogP contribution in [0.4, 0.5) is 0 Å². The van der Waals surface area contributed by atoms with Crippen molar-refractivity contribution in [2.24, 2.45) is 11.1 Å². The third kappa shape index (κ3) is 2.78. The fourth-order valence-corrected chi connectivity index (χ4v) is 3.09. The van der Waals surface area contributed by atoms with Crippen LogP contribution in [-0.4, -0.2) is 0 Å². The van der Waals surface area contributed by atoms with Gasteiger partial charge < -0.3 is 5.73 Å². The molecule has 94 valence electrons. The number of benzene rings is 1. The monoisotopic (exact) mass is 271 g/mol. The molecule has 1 nitrogen and oxygen atoms in total. The van der Waals surface area contributed by atoms with Gasteiger partial charge in [-0.25, -0.2) is 0 Å². The first kappa shape index (κ1) is 13.2. The molecule has 3 heteroatoms. The lowest BCUT2D eigenvalue weighted by Crippen LogP contribution is -2.33. The predicted molar refractivity (Wildman–Crippen MR) is 74.6 cm³/mol. The number of halogens is 2. The normalized spacial score (nSPS) is 21.2. The highest BCUT2D eigenvalue weighted by atomic mass is 35.5. The van der Waals surface area contributed by atoms with Crippen LogP contribution in [-0.2, 0) is 0 Å². The van der Waals surface area contributed by atoms with Crippen LogP contribution in [0.25, 0.3) is 0 Å². The first-order valence-corrected chi connectivity index (χ1v) is 6.99. The van der Waals surface area contributed by atoms with Crippen LogP contribution in [0.15, 0.2) is 18.2 Å². The highest BCUT2D eigenvalue weighted by Gasteiger charge is 2.34. The Hall–Kier alpha value is -0.240. The van der Waals surface area contributed by atoms with E-state index in [1.165, 1.54) is 32.1 Å². The van der Waals surface area contributed by atoms with Crippen LogP contribution in [0.2, 0.25) is 10.0 Å². The van der Waals surface area contributed by atoms with Crippen molar-refractivity contribution in [3.63, 3.8) is 0 Å². The third-order valence-corrected chi connectivity index (χ3v) is 4.79. The predicted octanol–water partition coefficient (Wildman–Crippen LogP) is 4.96. The molecule has 0 bridgehead atoms. The van der Waals surface area contributed by atoms with Crippen LogP contribution >= 0.6 is 23.2 Å². The van der Waals surface area contributed by atoms with Crippen molar-refractivity contribution in [3.8, 4) is 0 Å². The minimum absolute atomic E-state index is 0.0533. The maximum Gasteiger partial charge on any atom is 0.0595 e. The lowest BCUT2D eigenvalue weighted by Gasteiger charge is -2.39. The van der Waals surface area contributed by atoms with Gasteiger partial charge in [-0.15, -0.1) is 0 Å². The maximum atomic E-state index is 6.42. The van der Waals surface area contributed by atoms with Gasteiger partial charge in [0.25, 0.3) is 0 Å². The molecule has 0 saturated heterocycles. The fraction of sp³-hybridized carbons (Fsp3) is 0.571. The average Bonchev–Trinajstić information content (AvgIpc) is 2.33. The molecule has 1 aromatic rings. The summed E-state index contributed by atoms with van der Waals surface area (Å²) in [6, 6.07) is 5.80. The van der Waals surface area contributed by atoms with Gasteiger partial charge in [-0.05, 0) is 36.0 Å². The largest absolute Gasteiger partial charge is 0.323 e. The Morgan fingerprint density at radius 1 is 1.12 bits per heavy atom. The minimum Gasteiger partial charge on any atom is -0.323 e. The molecular formula is C14H19Cl2N. The van der Waals surface area contributed by atoms with Gasteiger partial charge in [-0.3, -0.25) is 0 Å². The molecule has 1 aliphatic carbocycles. The van der Waals surface area contributed by atoms with Crippen molar-refractivity contribution >= 4 is 23.2 Å². The molecule has 1 aromatic carbocycles. The summed E-state index contributed by atoms with van der Waals surface area (Å²) in [4.78, 5) is 0. The van der Waals surface area contributed by atoms with Crippen LogP contribution in [0.3, 0.4) is 0 Å². The lowest BCUT2D eigenvalue weighted by molar-refractivity contribution is 0.170. The fourth-order valence-electron chi connectivity index (χ4n) is 2.78. The van der Waals surface area contributed by atoms with E-state index in [0.717, 1.165) is 5.56 Å². The van der Waals surface area contributed by atoms with Gasteiger partial charge in [0.15, 0.2) is 0 Å². The zero-order valence-corrected chi connectivity index (χ0v) is 11.7. The Labute approximate surface area is 113 Å². The maximum absolute atomic E-state index is 6.42. The van der Waals surface area contributed by atoms with Crippen molar-refractivity contribution in [1.29, 1.82) is 0 Å². The molecule has 0 spiro atoms. The molecule has 0 radical (unpaired) electrons. The Bertz CT molecular complexity index is 397. The van der Waals surface area contributed by atoms with Crippen molar-refractivity contribution in [3.05, 3.63) is 33.8 Å². The van der Waals surface area contributed by atoms with Crippen molar-refractivity contribution in [2.75, 3.05) is 0 Å². The Morgan fingerprint density at radius 2 is 1.76 bits per heavy atom. The topological polar surface area (TPSA) is 26.0 Å². The zero-order valence-electron chi connectivity index (χ0n) is 10.2. The summed E-state index contributed by atoms with van der Waals surface area (Å²) in [5.41, 5.74) is 7.73. The van der Waals surface area contributed by atoms with Crippen LogP contribution < -0.4 is 5.73 Å². The van der Waals surface area contributed by atoms with Crippen molar-refractivity contribution in [1.82, 2.24) is 0 Å². The molecule has 0 amide bonds. The summed E-state index contributed by atoms with van der Waals surface area (Å²) in [5, 5.41) is 1.19. The van der Waals surface area contributed by atoms with Crippen LogP contribution in [0.1, 0.15) is 50.6 Å². The van der Waals surface area contributed by atoms with E-state index in [4.69, 9.17) is 28.9 Å². The molecular weight excluding hydrogens is 253 g/mol. The molecule has 2 rings (SSSR count). The number of rotatable bonds is 2. The van der Waals surface area contributed by atoms with Gasteiger partial charge in [-0.2, -0.15) is 0 Å². The summed E-state index contributed by atoms with van der Waals surface area (Å²) in [6.07, 6.45) is 6.31. The highest BCUT2D eigenvalue weighted by Crippen LogP contribution is 2.44. The highest BCUT2D eigenvalue weighted by molar-refractivity contribution is 6.42. The SMILES string of the molecule is CC1(C(N)c2ccc(Cl)c(Cl)c2)CCCCC1. The summed E-state index contributed by atoms with van der Waals surface area (Å²) >= 11 is 12.0. The average molecular weight is 272 g/mol. The minimum atomic E-state index is 0.0533. The van der Waals surface area contributed by atoms with E-state index < -0.39 is 0 Å². The first-order valence-electron chi connectivity index (χ1n) is 6.23. The van der Waals surface area contributed by atoms with E-state index >= 15 is 0 Å². The molecule has 0 heterocycles. The molecule has 1 unspecified atom stereocenters. The van der Waals surface area contributed by atoms with Crippen LogP contribution in [0.5, 0.6) is 0 Å². The quantitative estimate of drug-likeness (QED) is 0.808. The van der Waals surface area contributed by atoms with Gasteiger partial charge in [-0.1, -0.05) is 55.5 Å². The molecule has 0 aromatic heterocycles. The Morgan fingerprint density at radius 3 is 2.35 bits per heavy atom. The zero-order chi connectivity index (χ0) is 12.5. The summed E-state index contributed by atoms with van der Waals surface area (Å²) in [5.74, 6) is 0. The molecule has 1 atom stereocenters. The van der Waals surface area contributed by atoms with E-state index in [1.807, 2.05) is 18.2 Å².